The first-order chi connectivity index (χ1) is 9.52. The molecule has 0 aliphatic rings. The van der Waals surface area contributed by atoms with Gasteiger partial charge in [-0.2, -0.15) is 0 Å². The van der Waals surface area contributed by atoms with E-state index in [1.165, 1.54) is 6.07 Å². The molecule has 6 nitrogen and oxygen atoms in total. The molecule has 0 bridgehead atoms. The molecule has 2 aromatic rings. The first-order valence-corrected chi connectivity index (χ1v) is 7.89. The molecule has 2 rings (SSSR count). The highest BCUT2D eigenvalue weighted by molar-refractivity contribution is 7.90. The van der Waals surface area contributed by atoms with Gasteiger partial charge in [-0.05, 0) is 11.6 Å². The molecule has 20 heavy (non-hydrogen) atoms. The Morgan fingerprint density at radius 1 is 1.20 bits per heavy atom. The van der Waals surface area contributed by atoms with Crippen molar-refractivity contribution >= 4 is 15.7 Å². The van der Waals surface area contributed by atoms with Gasteiger partial charge in [0.15, 0.2) is 20.7 Å². The lowest BCUT2D eigenvalue weighted by Crippen LogP contribution is -2.11. The van der Waals surface area contributed by atoms with Gasteiger partial charge < -0.3 is 10.4 Å². The first kappa shape index (κ1) is 14.4. The summed E-state index contributed by atoms with van der Waals surface area (Å²) >= 11 is 0. The van der Waals surface area contributed by atoms with E-state index in [0.29, 0.717) is 17.9 Å². The third-order valence-corrected chi connectivity index (χ3v) is 3.60. The van der Waals surface area contributed by atoms with E-state index in [4.69, 9.17) is 5.11 Å². The van der Waals surface area contributed by atoms with Crippen molar-refractivity contribution in [2.45, 2.75) is 5.03 Å². The van der Waals surface area contributed by atoms with Crippen molar-refractivity contribution in [1.82, 2.24) is 10.2 Å². The van der Waals surface area contributed by atoms with Gasteiger partial charge in [0.1, 0.15) is 0 Å². The summed E-state index contributed by atoms with van der Waals surface area (Å²) in [7, 11) is -3.42. The molecule has 1 aromatic carbocycles. The van der Waals surface area contributed by atoms with E-state index in [1.54, 1.807) is 0 Å². The van der Waals surface area contributed by atoms with Crippen LogP contribution >= 0.6 is 0 Å². The van der Waals surface area contributed by atoms with E-state index >= 15 is 0 Å². The number of aliphatic hydroxyl groups is 1. The topological polar surface area (TPSA) is 92.2 Å². The van der Waals surface area contributed by atoms with Gasteiger partial charge in [-0.1, -0.05) is 30.3 Å². The van der Waals surface area contributed by atoms with Crippen LogP contribution in [0.1, 0.15) is 0 Å². The van der Waals surface area contributed by atoms with Crippen molar-refractivity contribution in [3.63, 3.8) is 0 Å². The number of hydrogen-bond donors (Lipinski definition) is 2. The minimum Gasteiger partial charge on any atom is -0.395 e. The van der Waals surface area contributed by atoms with E-state index in [-0.39, 0.29) is 11.6 Å². The molecule has 7 heteroatoms. The molecule has 1 heterocycles. The molecule has 2 N–H and O–H groups in total. The summed E-state index contributed by atoms with van der Waals surface area (Å²) in [6.07, 6.45) is 1.09. The Bertz CT molecular complexity index is 687. The fourth-order valence-corrected chi connectivity index (χ4v) is 2.22. The molecule has 0 radical (unpaired) electrons. The van der Waals surface area contributed by atoms with Crippen LogP contribution < -0.4 is 5.32 Å². The predicted octanol–water partition coefficient (Wildman–Crippen LogP) is 0.951. The van der Waals surface area contributed by atoms with Gasteiger partial charge in [0.25, 0.3) is 0 Å². The summed E-state index contributed by atoms with van der Waals surface area (Å²) in [5, 5.41) is 19.3. The Morgan fingerprint density at radius 2 is 1.90 bits per heavy atom. The van der Waals surface area contributed by atoms with Crippen LogP contribution in [0.4, 0.5) is 5.82 Å². The Hall–Kier alpha value is -1.99. The van der Waals surface area contributed by atoms with Gasteiger partial charge in [-0.3, -0.25) is 0 Å². The van der Waals surface area contributed by atoms with Crippen molar-refractivity contribution in [3.8, 4) is 11.1 Å². The Labute approximate surface area is 117 Å². The summed E-state index contributed by atoms with van der Waals surface area (Å²) in [6.45, 7) is 0.260. The molecule has 1 aromatic heterocycles. The maximum atomic E-state index is 11.6. The zero-order chi connectivity index (χ0) is 14.6. The minimum atomic E-state index is -3.42. The molecule has 0 saturated carbocycles. The number of sulfone groups is 1. The van der Waals surface area contributed by atoms with Gasteiger partial charge in [-0.25, -0.2) is 8.42 Å². The van der Waals surface area contributed by atoms with E-state index < -0.39 is 9.84 Å². The van der Waals surface area contributed by atoms with Gasteiger partial charge in [0.05, 0.1) is 6.61 Å². The summed E-state index contributed by atoms with van der Waals surface area (Å²) in [5.41, 5.74) is 1.46. The van der Waals surface area contributed by atoms with Crippen molar-refractivity contribution < 1.29 is 13.5 Å². The third-order valence-electron chi connectivity index (χ3n) is 2.64. The fourth-order valence-electron chi connectivity index (χ4n) is 1.70. The quantitative estimate of drug-likeness (QED) is 0.852. The molecule has 0 amide bonds. The van der Waals surface area contributed by atoms with Gasteiger partial charge in [0.2, 0.25) is 0 Å². The van der Waals surface area contributed by atoms with Crippen molar-refractivity contribution in [3.05, 3.63) is 36.4 Å². The SMILES string of the molecule is CS(=O)(=O)c1cc(-c2ccccc2)c(NCCO)nn1. The van der Waals surface area contributed by atoms with Crippen LogP contribution in [0.15, 0.2) is 41.4 Å². The average molecular weight is 293 g/mol. The molecule has 0 aliphatic heterocycles. The van der Waals surface area contributed by atoms with Gasteiger partial charge >= 0.3 is 0 Å². The Morgan fingerprint density at radius 3 is 2.50 bits per heavy atom. The largest absolute Gasteiger partial charge is 0.395 e. The van der Waals surface area contributed by atoms with E-state index in [0.717, 1.165) is 11.8 Å². The number of nitrogens with zero attached hydrogens (tertiary/aromatic N) is 2. The number of benzene rings is 1. The molecule has 0 atom stereocenters. The number of aromatic nitrogens is 2. The highest BCUT2D eigenvalue weighted by Gasteiger charge is 2.15. The molecule has 0 unspecified atom stereocenters. The average Bonchev–Trinajstić information content (AvgIpc) is 2.45. The Kier molecular flexibility index (Phi) is 4.31. The lowest BCUT2D eigenvalue weighted by atomic mass is 10.1. The second kappa shape index (κ2) is 5.98. The predicted molar refractivity (Wildman–Crippen MR) is 76.2 cm³/mol. The number of rotatable bonds is 5. The van der Waals surface area contributed by atoms with E-state index in [1.807, 2.05) is 30.3 Å². The van der Waals surface area contributed by atoms with Crippen LogP contribution in [0.25, 0.3) is 11.1 Å². The maximum Gasteiger partial charge on any atom is 0.194 e. The molecule has 0 aliphatic carbocycles. The number of aliphatic hydroxyl groups excluding tert-OH is 1. The minimum absolute atomic E-state index is 0.0518. The van der Waals surface area contributed by atoms with E-state index in [9.17, 15) is 8.42 Å². The maximum absolute atomic E-state index is 11.6. The Balaban J connectivity index is 2.54. The molecular formula is C13H15N3O3S. The molecular weight excluding hydrogens is 278 g/mol. The molecule has 106 valence electrons. The van der Waals surface area contributed by atoms with E-state index in [2.05, 4.69) is 15.5 Å². The van der Waals surface area contributed by atoms with Crippen LogP contribution in [0.5, 0.6) is 0 Å². The molecule has 0 spiro atoms. The monoisotopic (exact) mass is 293 g/mol. The highest BCUT2D eigenvalue weighted by atomic mass is 32.2. The highest BCUT2D eigenvalue weighted by Crippen LogP contribution is 2.27. The number of hydrogen-bond acceptors (Lipinski definition) is 6. The zero-order valence-electron chi connectivity index (χ0n) is 10.9. The lowest BCUT2D eigenvalue weighted by molar-refractivity contribution is 0.311. The van der Waals surface area contributed by atoms with Crippen LogP contribution in [0, 0.1) is 0 Å². The number of nitrogens with one attached hydrogen (secondary N) is 1. The van der Waals surface area contributed by atoms with Crippen molar-refractivity contribution in [1.29, 1.82) is 0 Å². The smallest absolute Gasteiger partial charge is 0.194 e. The summed E-state index contributed by atoms with van der Waals surface area (Å²) < 4.78 is 23.2. The van der Waals surface area contributed by atoms with Crippen molar-refractivity contribution in [2.75, 3.05) is 24.7 Å². The normalized spacial score (nSPS) is 11.3. The zero-order valence-corrected chi connectivity index (χ0v) is 11.8. The van der Waals surface area contributed by atoms with Crippen molar-refractivity contribution in [2.24, 2.45) is 0 Å². The summed E-state index contributed by atoms with van der Waals surface area (Å²) in [6, 6.07) is 10.8. The van der Waals surface area contributed by atoms with Gasteiger partial charge in [-0.15, -0.1) is 10.2 Å². The summed E-state index contributed by atoms with van der Waals surface area (Å²) in [4.78, 5) is 0. The fraction of sp³-hybridized carbons (Fsp3) is 0.231. The van der Waals surface area contributed by atoms with Crippen LogP contribution in [-0.2, 0) is 9.84 Å². The standard InChI is InChI=1S/C13H15N3O3S/c1-20(18,19)12-9-11(10-5-3-2-4-6-10)13(16-15-12)14-7-8-17/h2-6,9,17H,7-8H2,1H3,(H,14,16). The third kappa shape index (κ3) is 3.31. The number of anilines is 1. The van der Waals surface area contributed by atoms with Crippen LogP contribution in [0.2, 0.25) is 0 Å². The lowest BCUT2D eigenvalue weighted by Gasteiger charge is -2.10. The van der Waals surface area contributed by atoms with Crippen LogP contribution in [0.3, 0.4) is 0 Å². The first-order valence-electron chi connectivity index (χ1n) is 6.00. The molecule has 0 fully saturated rings. The van der Waals surface area contributed by atoms with Crippen LogP contribution in [-0.4, -0.2) is 43.1 Å². The molecule has 0 saturated heterocycles. The second-order valence-corrected chi connectivity index (χ2v) is 6.20. The second-order valence-electron chi connectivity index (χ2n) is 4.23. The van der Waals surface area contributed by atoms with Gasteiger partial charge in [0, 0.05) is 18.4 Å². The summed E-state index contributed by atoms with van der Waals surface area (Å²) in [5.74, 6) is 0.442.